The maximum absolute atomic E-state index is 5.99. The zero-order chi connectivity index (χ0) is 13.0. The first-order valence-electron chi connectivity index (χ1n) is 6.97. The molecule has 0 bridgehead atoms. The van der Waals surface area contributed by atoms with Crippen LogP contribution in [0.5, 0.6) is 0 Å². The van der Waals surface area contributed by atoms with Gasteiger partial charge in [-0.25, -0.2) is 0 Å². The number of nitrogens with zero attached hydrogens (tertiary/aromatic N) is 2. The molecule has 100 valence electrons. The molecule has 0 radical (unpaired) electrons. The molecule has 1 aromatic carbocycles. The van der Waals surface area contributed by atoms with Gasteiger partial charge in [-0.2, -0.15) is 0 Å². The van der Waals surface area contributed by atoms with Crippen LogP contribution in [0.2, 0.25) is 0 Å². The van der Waals surface area contributed by atoms with Crippen molar-refractivity contribution in [3.8, 4) is 0 Å². The smallest absolute Gasteiger partial charge is 0.0471 e. The second-order valence-electron chi connectivity index (χ2n) is 5.13. The Morgan fingerprint density at radius 3 is 2.22 bits per heavy atom. The fraction of sp³-hybridized carbons (Fsp3) is 0.600. The van der Waals surface area contributed by atoms with E-state index in [0.717, 1.165) is 19.6 Å². The molecule has 1 aromatic rings. The minimum absolute atomic E-state index is 0.379. The SMILES string of the molecule is CCN1CCN(C(CN)c2ccc(C)cc2)CC1. The first-order valence-corrected chi connectivity index (χ1v) is 6.97. The molecule has 1 aliphatic rings. The van der Waals surface area contributed by atoms with Crippen LogP contribution in [0, 0.1) is 6.92 Å². The quantitative estimate of drug-likeness (QED) is 0.878. The van der Waals surface area contributed by atoms with Gasteiger partial charge < -0.3 is 10.6 Å². The molecule has 2 N–H and O–H groups in total. The largest absolute Gasteiger partial charge is 0.329 e. The zero-order valence-electron chi connectivity index (χ0n) is 11.6. The Kier molecular flexibility index (Phi) is 4.75. The summed E-state index contributed by atoms with van der Waals surface area (Å²) >= 11 is 0. The molecule has 0 aromatic heterocycles. The van der Waals surface area contributed by atoms with Crippen molar-refractivity contribution >= 4 is 0 Å². The molecule has 1 fully saturated rings. The van der Waals surface area contributed by atoms with Gasteiger partial charge in [-0.15, -0.1) is 0 Å². The molecular weight excluding hydrogens is 222 g/mol. The maximum Gasteiger partial charge on any atom is 0.0471 e. The average molecular weight is 247 g/mol. The molecule has 1 aliphatic heterocycles. The standard InChI is InChI=1S/C15H25N3/c1-3-17-8-10-18(11-9-17)15(12-16)14-6-4-13(2)5-7-14/h4-7,15H,3,8-12,16H2,1-2H3. The van der Waals surface area contributed by atoms with Crippen molar-refractivity contribution < 1.29 is 0 Å². The summed E-state index contributed by atoms with van der Waals surface area (Å²) in [6.45, 7) is 10.8. The topological polar surface area (TPSA) is 32.5 Å². The third-order valence-corrected chi connectivity index (χ3v) is 3.98. The number of hydrogen-bond acceptors (Lipinski definition) is 3. The first kappa shape index (κ1) is 13.5. The summed E-state index contributed by atoms with van der Waals surface area (Å²) in [7, 11) is 0. The highest BCUT2D eigenvalue weighted by molar-refractivity contribution is 5.24. The summed E-state index contributed by atoms with van der Waals surface area (Å²) in [5.74, 6) is 0. The molecule has 1 saturated heterocycles. The Morgan fingerprint density at radius 2 is 1.72 bits per heavy atom. The van der Waals surface area contributed by atoms with Crippen LogP contribution in [0.1, 0.15) is 24.1 Å². The summed E-state index contributed by atoms with van der Waals surface area (Å²) < 4.78 is 0. The molecule has 3 heteroatoms. The summed E-state index contributed by atoms with van der Waals surface area (Å²) in [6.07, 6.45) is 0. The number of likely N-dealkylation sites (N-methyl/N-ethyl adjacent to an activating group) is 1. The van der Waals surface area contributed by atoms with Crippen LogP contribution in [0.4, 0.5) is 0 Å². The van der Waals surface area contributed by atoms with Crippen molar-refractivity contribution in [2.45, 2.75) is 19.9 Å². The molecule has 1 atom stereocenters. The predicted octanol–water partition coefficient (Wildman–Crippen LogP) is 1.63. The lowest BCUT2D eigenvalue weighted by Crippen LogP contribution is -2.48. The minimum Gasteiger partial charge on any atom is -0.329 e. The van der Waals surface area contributed by atoms with Gasteiger partial charge >= 0.3 is 0 Å². The van der Waals surface area contributed by atoms with Crippen LogP contribution in [-0.4, -0.2) is 49.1 Å². The normalized spacial score (nSPS) is 19.9. The van der Waals surface area contributed by atoms with Gasteiger partial charge in [-0.05, 0) is 19.0 Å². The highest BCUT2D eigenvalue weighted by Crippen LogP contribution is 2.21. The van der Waals surface area contributed by atoms with E-state index in [2.05, 4.69) is 47.9 Å². The van der Waals surface area contributed by atoms with Crippen LogP contribution >= 0.6 is 0 Å². The molecule has 0 saturated carbocycles. The number of benzene rings is 1. The second-order valence-corrected chi connectivity index (χ2v) is 5.13. The van der Waals surface area contributed by atoms with Crippen LogP contribution < -0.4 is 5.73 Å². The molecule has 2 rings (SSSR count). The number of nitrogens with two attached hydrogens (primary N) is 1. The van der Waals surface area contributed by atoms with Gasteiger partial charge in [0.25, 0.3) is 0 Å². The average Bonchev–Trinajstić information content (AvgIpc) is 2.42. The van der Waals surface area contributed by atoms with E-state index in [4.69, 9.17) is 5.73 Å². The number of hydrogen-bond donors (Lipinski definition) is 1. The Bertz CT molecular complexity index is 353. The van der Waals surface area contributed by atoms with Gasteiger partial charge in [0, 0.05) is 38.8 Å². The molecule has 1 unspecified atom stereocenters. The number of piperazine rings is 1. The Morgan fingerprint density at radius 1 is 1.11 bits per heavy atom. The lowest BCUT2D eigenvalue weighted by atomic mass is 10.0. The van der Waals surface area contributed by atoms with Gasteiger partial charge in [0.2, 0.25) is 0 Å². The van der Waals surface area contributed by atoms with Crippen LogP contribution in [-0.2, 0) is 0 Å². The van der Waals surface area contributed by atoms with Gasteiger partial charge in [-0.3, -0.25) is 4.90 Å². The molecule has 0 aliphatic carbocycles. The fourth-order valence-corrected chi connectivity index (χ4v) is 2.68. The van der Waals surface area contributed by atoms with E-state index in [9.17, 15) is 0 Å². The van der Waals surface area contributed by atoms with E-state index in [1.54, 1.807) is 0 Å². The zero-order valence-corrected chi connectivity index (χ0v) is 11.6. The Hall–Kier alpha value is -0.900. The van der Waals surface area contributed by atoms with Crippen molar-refractivity contribution in [2.75, 3.05) is 39.3 Å². The maximum atomic E-state index is 5.99. The van der Waals surface area contributed by atoms with Crippen LogP contribution in [0.25, 0.3) is 0 Å². The van der Waals surface area contributed by atoms with E-state index >= 15 is 0 Å². The molecular formula is C15H25N3. The summed E-state index contributed by atoms with van der Waals surface area (Å²) in [6, 6.07) is 9.18. The van der Waals surface area contributed by atoms with Crippen LogP contribution in [0.15, 0.2) is 24.3 Å². The summed E-state index contributed by atoms with van der Waals surface area (Å²) in [5, 5.41) is 0. The Labute approximate surface area is 111 Å². The van der Waals surface area contributed by atoms with Gasteiger partial charge in [0.05, 0.1) is 0 Å². The minimum atomic E-state index is 0.379. The van der Waals surface area contributed by atoms with Crippen molar-refractivity contribution in [1.29, 1.82) is 0 Å². The molecule has 0 amide bonds. The third kappa shape index (κ3) is 3.10. The van der Waals surface area contributed by atoms with Crippen molar-refractivity contribution in [2.24, 2.45) is 5.73 Å². The van der Waals surface area contributed by atoms with E-state index in [0.29, 0.717) is 12.6 Å². The number of rotatable bonds is 4. The van der Waals surface area contributed by atoms with Gasteiger partial charge in [0.1, 0.15) is 0 Å². The van der Waals surface area contributed by atoms with Crippen molar-refractivity contribution in [3.05, 3.63) is 35.4 Å². The van der Waals surface area contributed by atoms with Gasteiger partial charge in [-0.1, -0.05) is 36.8 Å². The lowest BCUT2D eigenvalue weighted by Gasteiger charge is -2.38. The molecule has 18 heavy (non-hydrogen) atoms. The van der Waals surface area contributed by atoms with Gasteiger partial charge in [0.15, 0.2) is 0 Å². The van der Waals surface area contributed by atoms with Crippen molar-refractivity contribution in [1.82, 2.24) is 9.80 Å². The van der Waals surface area contributed by atoms with E-state index in [1.165, 1.54) is 24.2 Å². The van der Waals surface area contributed by atoms with E-state index in [1.807, 2.05) is 0 Å². The fourth-order valence-electron chi connectivity index (χ4n) is 2.68. The highest BCUT2D eigenvalue weighted by atomic mass is 15.3. The summed E-state index contributed by atoms with van der Waals surface area (Å²) in [5.41, 5.74) is 8.65. The number of aryl methyl sites for hydroxylation is 1. The third-order valence-electron chi connectivity index (χ3n) is 3.98. The molecule has 1 heterocycles. The molecule has 3 nitrogen and oxygen atoms in total. The van der Waals surface area contributed by atoms with E-state index in [-0.39, 0.29) is 0 Å². The van der Waals surface area contributed by atoms with Crippen LogP contribution in [0.3, 0.4) is 0 Å². The molecule has 0 spiro atoms. The predicted molar refractivity (Wildman–Crippen MR) is 76.7 cm³/mol. The first-order chi connectivity index (χ1) is 8.74. The monoisotopic (exact) mass is 247 g/mol. The lowest BCUT2D eigenvalue weighted by molar-refractivity contribution is 0.102. The van der Waals surface area contributed by atoms with Crippen molar-refractivity contribution in [3.63, 3.8) is 0 Å². The summed E-state index contributed by atoms with van der Waals surface area (Å²) in [4.78, 5) is 5.02. The highest BCUT2D eigenvalue weighted by Gasteiger charge is 2.23. The van der Waals surface area contributed by atoms with E-state index < -0.39 is 0 Å². The Balaban J connectivity index is 2.03. The second kappa shape index (κ2) is 6.32.